The number of nitriles is 1. The Morgan fingerprint density at radius 3 is 2.55 bits per heavy atom. The number of hydrogen-bond donors (Lipinski definition) is 1. The van der Waals surface area contributed by atoms with Crippen molar-refractivity contribution in [2.45, 2.75) is 18.9 Å². The van der Waals surface area contributed by atoms with Crippen molar-refractivity contribution in [3.05, 3.63) is 64.2 Å². The Labute approximate surface area is 183 Å². The van der Waals surface area contributed by atoms with Gasteiger partial charge in [0.25, 0.3) is 5.91 Å². The highest BCUT2D eigenvalue weighted by molar-refractivity contribution is 6.31. The molecule has 6 nitrogen and oxygen atoms in total. The molecule has 1 saturated heterocycles. The lowest BCUT2D eigenvalue weighted by atomic mass is 9.94. The minimum atomic E-state index is -1.23. The second-order valence-electron chi connectivity index (χ2n) is 7.15. The quantitative estimate of drug-likeness (QED) is 0.754. The molecule has 1 atom stereocenters. The number of likely N-dealkylation sites (tertiary alicyclic amines) is 1. The number of rotatable bonds is 5. The summed E-state index contributed by atoms with van der Waals surface area (Å²) in [6.07, 6.45) is 0.759. The summed E-state index contributed by atoms with van der Waals surface area (Å²) in [6, 6.07) is 8.22. The molecule has 0 aromatic heterocycles. The molecular formula is C22H20ClF2N3O3. The van der Waals surface area contributed by atoms with Crippen molar-refractivity contribution in [2.75, 3.05) is 20.2 Å². The Morgan fingerprint density at radius 1 is 1.23 bits per heavy atom. The van der Waals surface area contributed by atoms with Gasteiger partial charge in [-0.2, -0.15) is 5.26 Å². The van der Waals surface area contributed by atoms with Crippen molar-refractivity contribution in [2.24, 2.45) is 5.92 Å². The first-order chi connectivity index (χ1) is 14.8. The smallest absolute Gasteiger partial charge is 0.257 e. The van der Waals surface area contributed by atoms with Crippen LogP contribution in [0.2, 0.25) is 5.02 Å². The summed E-state index contributed by atoms with van der Waals surface area (Å²) in [4.78, 5) is 27.1. The van der Waals surface area contributed by atoms with Crippen LogP contribution in [-0.4, -0.2) is 36.9 Å². The van der Waals surface area contributed by atoms with E-state index in [0.717, 1.165) is 12.1 Å². The Balaban J connectivity index is 1.62. The largest absolute Gasteiger partial charge is 0.496 e. The monoisotopic (exact) mass is 447 g/mol. The number of amides is 2. The van der Waals surface area contributed by atoms with Gasteiger partial charge in [0.05, 0.1) is 18.7 Å². The van der Waals surface area contributed by atoms with Gasteiger partial charge in [0, 0.05) is 35.7 Å². The standard InChI is InChI=1S/C22H20ClF2N3O3/c1-31-20-5-2-14(23)10-17(20)22(30)28-8-6-13(7-9-28)21(29)27-19(12-26)16-4-3-15(24)11-18(16)25/h2-5,10-11,13,19H,6-9H2,1H3,(H,27,29). The van der Waals surface area contributed by atoms with Gasteiger partial charge in [0.1, 0.15) is 23.4 Å². The van der Waals surface area contributed by atoms with E-state index in [2.05, 4.69) is 5.32 Å². The third-order valence-corrected chi connectivity index (χ3v) is 5.47. The summed E-state index contributed by atoms with van der Waals surface area (Å²) < 4.78 is 32.3. The number of nitrogens with zero attached hydrogens (tertiary/aromatic N) is 2. The van der Waals surface area contributed by atoms with Crippen LogP contribution in [0.3, 0.4) is 0 Å². The lowest BCUT2D eigenvalue weighted by molar-refractivity contribution is -0.126. The van der Waals surface area contributed by atoms with Gasteiger partial charge >= 0.3 is 0 Å². The lowest BCUT2D eigenvalue weighted by Crippen LogP contribution is -2.43. The van der Waals surface area contributed by atoms with Crippen LogP contribution in [0.4, 0.5) is 8.78 Å². The first-order valence-corrected chi connectivity index (χ1v) is 9.99. The van der Waals surface area contributed by atoms with Crippen LogP contribution >= 0.6 is 11.6 Å². The minimum absolute atomic E-state index is 0.0992. The Hall–Kier alpha value is -3.18. The van der Waals surface area contributed by atoms with Crippen LogP contribution < -0.4 is 10.1 Å². The number of halogens is 3. The van der Waals surface area contributed by atoms with E-state index in [1.807, 2.05) is 6.07 Å². The van der Waals surface area contributed by atoms with Gasteiger partial charge in [-0.05, 0) is 37.1 Å². The molecular weight excluding hydrogens is 428 g/mol. The van der Waals surface area contributed by atoms with Crippen LogP contribution in [0.5, 0.6) is 5.75 Å². The average molecular weight is 448 g/mol. The Morgan fingerprint density at radius 2 is 1.94 bits per heavy atom. The van der Waals surface area contributed by atoms with Gasteiger partial charge in [0.2, 0.25) is 5.91 Å². The number of benzene rings is 2. The van der Waals surface area contributed by atoms with E-state index < -0.39 is 29.5 Å². The number of carbonyl (C=O) groups is 2. The van der Waals surface area contributed by atoms with Crippen molar-refractivity contribution in [1.29, 1.82) is 5.26 Å². The molecule has 0 saturated carbocycles. The summed E-state index contributed by atoms with van der Waals surface area (Å²) in [6.45, 7) is 0.656. The number of piperidine rings is 1. The van der Waals surface area contributed by atoms with E-state index >= 15 is 0 Å². The van der Waals surface area contributed by atoms with Crippen molar-refractivity contribution >= 4 is 23.4 Å². The molecule has 2 aromatic carbocycles. The van der Waals surface area contributed by atoms with E-state index in [-0.39, 0.29) is 11.5 Å². The molecule has 1 aliphatic heterocycles. The normalized spacial score (nSPS) is 15.1. The van der Waals surface area contributed by atoms with E-state index in [1.54, 1.807) is 17.0 Å². The molecule has 1 fully saturated rings. The summed E-state index contributed by atoms with van der Waals surface area (Å²) in [7, 11) is 1.46. The topological polar surface area (TPSA) is 82.4 Å². The molecule has 0 radical (unpaired) electrons. The second kappa shape index (κ2) is 9.75. The van der Waals surface area contributed by atoms with Crippen LogP contribution in [-0.2, 0) is 4.79 Å². The predicted molar refractivity (Wildman–Crippen MR) is 109 cm³/mol. The average Bonchev–Trinajstić information content (AvgIpc) is 2.77. The number of carbonyl (C=O) groups excluding carboxylic acids is 2. The second-order valence-corrected chi connectivity index (χ2v) is 7.58. The maximum atomic E-state index is 14.0. The molecule has 0 spiro atoms. The Kier molecular flexibility index (Phi) is 7.08. The minimum Gasteiger partial charge on any atom is -0.496 e. The highest BCUT2D eigenvalue weighted by Crippen LogP contribution is 2.27. The van der Waals surface area contributed by atoms with E-state index in [1.165, 1.54) is 13.2 Å². The van der Waals surface area contributed by atoms with Crippen molar-refractivity contribution in [3.63, 3.8) is 0 Å². The summed E-state index contributed by atoms with van der Waals surface area (Å²) >= 11 is 6.00. The zero-order valence-electron chi connectivity index (χ0n) is 16.7. The van der Waals surface area contributed by atoms with Gasteiger partial charge in [0.15, 0.2) is 0 Å². The van der Waals surface area contributed by atoms with Crippen molar-refractivity contribution in [1.82, 2.24) is 10.2 Å². The highest BCUT2D eigenvalue weighted by atomic mass is 35.5. The molecule has 1 unspecified atom stereocenters. The highest BCUT2D eigenvalue weighted by Gasteiger charge is 2.30. The molecule has 1 aliphatic rings. The third kappa shape index (κ3) is 5.12. The van der Waals surface area contributed by atoms with Gasteiger partial charge < -0.3 is 15.0 Å². The molecule has 2 amide bonds. The molecule has 1 N–H and O–H groups in total. The van der Waals surface area contributed by atoms with Crippen LogP contribution in [0.15, 0.2) is 36.4 Å². The summed E-state index contributed by atoms with van der Waals surface area (Å²) in [5.41, 5.74) is 0.243. The first kappa shape index (κ1) is 22.5. The third-order valence-electron chi connectivity index (χ3n) is 5.23. The number of ether oxygens (including phenoxy) is 1. The molecule has 0 bridgehead atoms. The van der Waals surface area contributed by atoms with Crippen LogP contribution in [0.1, 0.15) is 34.8 Å². The van der Waals surface area contributed by atoms with Gasteiger partial charge in [-0.25, -0.2) is 8.78 Å². The number of hydrogen-bond acceptors (Lipinski definition) is 4. The number of nitrogens with one attached hydrogen (secondary N) is 1. The van der Waals surface area contributed by atoms with Crippen molar-refractivity contribution < 1.29 is 23.1 Å². The van der Waals surface area contributed by atoms with E-state index in [0.29, 0.717) is 48.3 Å². The molecule has 3 rings (SSSR count). The summed E-state index contributed by atoms with van der Waals surface area (Å²) in [5.74, 6) is -2.36. The molecule has 0 aliphatic carbocycles. The fourth-order valence-corrected chi connectivity index (χ4v) is 3.71. The molecule has 31 heavy (non-hydrogen) atoms. The first-order valence-electron chi connectivity index (χ1n) is 9.61. The van der Waals surface area contributed by atoms with E-state index in [4.69, 9.17) is 16.3 Å². The molecule has 9 heteroatoms. The van der Waals surface area contributed by atoms with Crippen LogP contribution in [0, 0.1) is 28.9 Å². The van der Waals surface area contributed by atoms with Gasteiger partial charge in [-0.1, -0.05) is 17.7 Å². The lowest BCUT2D eigenvalue weighted by Gasteiger charge is -2.32. The van der Waals surface area contributed by atoms with E-state index in [9.17, 15) is 23.6 Å². The number of methoxy groups -OCH3 is 1. The predicted octanol–water partition coefficient (Wildman–Crippen LogP) is 3.86. The SMILES string of the molecule is COc1ccc(Cl)cc1C(=O)N1CCC(C(=O)NC(C#N)c2ccc(F)cc2F)CC1. The van der Waals surface area contributed by atoms with Gasteiger partial charge in [-0.15, -0.1) is 0 Å². The zero-order chi connectivity index (χ0) is 22.5. The maximum absolute atomic E-state index is 14.0. The zero-order valence-corrected chi connectivity index (χ0v) is 17.5. The maximum Gasteiger partial charge on any atom is 0.257 e. The Bertz CT molecular complexity index is 1030. The molecule has 1 heterocycles. The molecule has 2 aromatic rings. The van der Waals surface area contributed by atoms with Crippen LogP contribution in [0.25, 0.3) is 0 Å². The molecule has 162 valence electrons. The fraction of sp³-hybridized carbons (Fsp3) is 0.318. The van der Waals surface area contributed by atoms with Gasteiger partial charge in [-0.3, -0.25) is 9.59 Å². The van der Waals surface area contributed by atoms with Crippen molar-refractivity contribution in [3.8, 4) is 11.8 Å². The fourth-order valence-electron chi connectivity index (χ4n) is 3.54. The summed E-state index contributed by atoms with van der Waals surface area (Å²) in [5, 5.41) is 12.3.